The van der Waals surface area contributed by atoms with E-state index in [1.165, 1.54) is 0 Å². The Bertz CT molecular complexity index is 608. The second kappa shape index (κ2) is 8.08. The summed E-state index contributed by atoms with van der Waals surface area (Å²) in [6, 6.07) is 15.3. The van der Waals surface area contributed by atoms with E-state index in [1.807, 2.05) is 55.5 Å². The van der Waals surface area contributed by atoms with E-state index in [9.17, 15) is 4.79 Å². The van der Waals surface area contributed by atoms with Crippen LogP contribution in [0, 0.1) is 0 Å². The number of hydrogen-bond acceptors (Lipinski definition) is 3. The quantitative estimate of drug-likeness (QED) is 0.855. The Labute approximate surface area is 131 Å². The van der Waals surface area contributed by atoms with Crippen molar-refractivity contribution in [2.75, 3.05) is 13.7 Å². The van der Waals surface area contributed by atoms with Crippen LogP contribution in [-0.2, 0) is 17.8 Å². The summed E-state index contributed by atoms with van der Waals surface area (Å²) >= 11 is 0. The van der Waals surface area contributed by atoms with Crippen molar-refractivity contribution in [3.63, 3.8) is 0 Å². The minimum atomic E-state index is -0.00743. The second-order valence-electron chi connectivity index (χ2n) is 4.88. The van der Waals surface area contributed by atoms with E-state index in [-0.39, 0.29) is 5.91 Å². The van der Waals surface area contributed by atoms with Crippen molar-refractivity contribution in [2.24, 2.45) is 0 Å². The largest absolute Gasteiger partial charge is 0.497 e. The summed E-state index contributed by atoms with van der Waals surface area (Å²) in [7, 11) is 1.63. The number of ether oxygens (including phenoxy) is 2. The van der Waals surface area contributed by atoms with Gasteiger partial charge in [-0.1, -0.05) is 24.3 Å². The molecule has 4 heteroatoms. The number of benzene rings is 2. The lowest BCUT2D eigenvalue weighted by atomic mass is 10.1. The van der Waals surface area contributed by atoms with Crippen molar-refractivity contribution in [1.29, 1.82) is 0 Å². The van der Waals surface area contributed by atoms with Gasteiger partial charge in [-0.2, -0.15) is 0 Å². The molecule has 0 atom stereocenters. The Morgan fingerprint density at radius 2 is 1.82 bits per heavy atom. The molecule has 2 rings (SSSR count). The second-order valence-corrected chi connectivity index (χ2v) is 4.88. The lowest BCUT2D eigenvalue weighted by Gasteiger charge is -2.08. The van der Waals surface area contributed by atoms with Gasteiger partial charge in [-0.25, -0.2) is 0 Å². The zero-order chi connectivity index (χ0) is 15.8. The van der Waals surface area contributed by atoms with Crippen molar-refractivity contribution < 1.29 is 14.3 Å². The van der Waals surface area contributed by atoms with E-state index >= 15 is 0 Å². The van der Waals surface area contributed by atoms with Crippen LogP contribution in [0.5, 0.6) is 11.5 Å². The molecule has 0 fully saturated rings. The molecule has 0 radical (unpaired) electrons. The standard InChI is InChI=1S/C18H21NO3/c1-3-22-16-9-7-14(8-10-16)12-18(20)19-13-15-5-4-6-17(11-15)21-2/h4-11H,3,12-13H2,1-2H3,(H,19,20). The van der Waals surface area contributed by atoms with Crippen molar-refractivity contribution in [1.82, 2.24) is 5.32 Å². The predicted octanol–water partition coefficient (Wildman–Crippen LogP) is 2.95. The summed E-state index contributed by atoms with van der Waals surface area (Å²) in [6.45, 7) is 3.08. The third-order valence-electron chi connectivity index (χ3n) is 3.22. The summed E-state index contributed by atoms with van der Waals surface area (Å²) in [6.07, 6.45) is 0.358. The number of nitrogens with one attached hydrogen (secondary N) is 1. The molecule has 0 aliphatic carbocycles. The lowest BCUT2D eigenvalue weighted by molar-refractivity contribution is -0.120. The van der Waals surface area contributed by atoms with E-state index < -0.39 is 0 Å². The van der Waals surface area contributed by atoms with E-state index in [2.05, 4.69) is 5.32 Å². The number of carbonyl (C=O) groups excluding carboxylic acids is 1. The molecule has 22 heavy (non-hydrogen) atoms. The van der Waals surface area contributed by atoms with Crippen LogP contribution in [-0.4, -0.2) is 19.6 Å². The molecule has 0 aliphatic rings. The van der Waals surface area contributed by atoms with Crippen LogP contribution in [0.4, 0.5) is 0 Å². The molecule has 0 spiro atoms. The van der Waals surface area contributed by atoms with E-state index in [1.54, 1.807) is 7.11 Å². The summed E-state index contributed by atoms with van der Waals surface area (Å²) in [5.74, 6) is 1.60. The van der Waals surface area contributed by atoms with Gasteiger partial charge in [0.1, 0.15) is 11.5 Å². The van der Waals surface area contributed by atoms with Crippen LogP contribution < -0.4 is 14.8 Å². The molecular weight excluding hydrogens is 278 g/mol. The minimum Gasteiger partial charge on any atom is -0.497 e. The van der Waals surface area contributed by atoms with Gasteiger partial charge >= 0.3 is 0 Å². The third kappa shape index (κ3) is 4.81. The number of methoxy groups -OCH3 is 1. The lowest BCUT2D eigenvalue weighted by Crippen LogP contribution is -2.24. The molecular formula is C18H21NO3. The maximum atomic E-state index is 12.0. The fraction of sp³-hybridized carbons (Fsp3) is 0.278. The average molecular weight is 299 g/mol. The zero-order valence-electron chi connectivity index (χ0n) is 13.0. The molecule has 2 aromatic carbocycles. The smallest absolute Gasteiger partial charge is 0.224 e. The fourth-order valence-corrected chi connectivity index (χ4v) is 2.10. The zero-order valence-corrected chi connectivity index (χ0v) is 13.0. The Morgan fingerprint density at radius 3 is 2.50 bits per heavy atom. The van der Waals surface area contributed by atoms with Gasteiger partial charge in [0.2, 0.25) is 5.91 Å². The molecule has 0 saturated carbocycles. The highest BCUT2D eigenvalue weighted by Gasteiger charge is 2.04. The Morgan fingerprint density at radius 1 is 1.05 bits per heavy atom. The normalized spacial score (nSPS) is 10.1. The van der Waals surface area contributed by atoms with E-state index in [0.29, 0.717) is 19.6 Å². The molecule has 0 saturated heterocycles. The summed E-state index contributed by atoms with van der Waals surface area (Å²) in [5, 5.41) is 2.91. The van der Waals surface area contributed by atoms with Crippen LogP contribution in [0.2, 0.25) is 0 Å². The molecule has 0 heterocycles. The average Bonchev–Trinajstić information content (AvgIpc) is 2.55. The molecule has 0 unspecified atom stereocenters. The van der Waals surface area contributed by atoms with E-state index in [4.69, 9.17) is 9.47 Å². The Balaban J connectivity index is 1.84. The van der Waals surface area contributed by atoms with Crippen LogP contribution in [0.1, 0.15) is 18.1 Å². The van der Waals surface area contributed by atoms with Gasteiger partial charge in [-0.3, -0.25) is 4.79 Å². The topological polar surface area (TPSA) is 47.6 Å². The SMILES string of the molecule is CCOc1ccc(CC(=O)NCc2cccc(OC)c2)cc1. The first-order valence-electron chi connectivity index (χ1n) is 7.32. The highest BCUT2D eigenvalue weighted by atomic mass is 16.5. The highest BCUT2D eigenvalue weighted by molar-refractivity contribution is 5.78. The first-order valence-corrected chi connectivity index (χ1v) is 7.32. The van der Waals surface area contributed by atoms with Crippen LogP contribution in [0.15, 0.2) is 48.5 Å². The molecule has 0 aromatic heterocycles. The van der Waals surface area contributed by atoms with Gasteiger partial charge in [0, 0.05) is 6.54 Å². The van der Waals surface area contributed by atoms with Crippen LogP contribution in [0.25, 0.3) is 0 Å². The molecule has 116 valence electrons. The maximum Gasteiger partial charge on any atom is 0.224 e. The van der Waals surface area contributed by atoms with Gasteiger partial charge in [-0.05, 0) is 42.3 Å². The molecule has 1 N–H and O–H groups in total. The van der Waals surface area contributed by atoms with Crippen molar-refractivity contribution >= 4 is 5.91 Å². The van der Waals surface area contributed by atoms with Gasteiger partial charge in [0.25, 0.3) is 0 Å². The monoisotopic (exact) mass is 299 g/mol. The molecule has 0 aliphatic heterocycles. The minimum absolute atomic E-state index is 0.00743. The Kier molecular flexibility index (Phi) is 5.83. The van der Waals surface area contributed by atoms with Gasteiger partial charge in [0.05, 0.1) is 20.1 Å². The Hall–Kier alpha value is -2.49. The van der Waals surface area contributed by atoms with Gasteiger partial charge in [0.15, 0.2) is 0 Å². The number of carbonyl (C=O) groups is 1. The number of rotatable bonds is 7. The first kappa shape index (κ1) is 15.9. The maximum absolute atomic E-state index is 12.0. The highest BCUT2D eigenvalue weighted by Crippen LogP contribution is 2.13. The van der Waals surface area contributed by atoms with Crippen molar-refractivity contribution in [3.8, 4) is 11.5 Å². The summed E-state index contributed by atoms with van der Waals surface area (Å²) in [5.41, 5.74) is 1.98. The molecule has 2 aromatic rings. The summed E-state index contributed by atoms with van der Waals surface area (Å²) in [4.78, 5) is 12.0. The third-order valence-corrected chi connectivity index (χ3v) is 3.22. The van der Waals surface area contributed by atoms with Gasteiger partial charge in [-0.15, -0.1) is 0 Å². The van der Waals surface area contributed by atoms with Gasteiger partial charge < -0.3 is 14.8 Å². The molecule has 1 amide bonds. The summed E-state index contributed by atoms with van der Waals surface area (Å²) < 4.78 is 10.5. The van der Waals surface area contributed by atoms with E-state index in [0.717, 1.165) is 22.6 Å². The number of hydrogen-bond donors (Lipinski definition) is 1. The molecule has 4 nitrogen and oxygen atoms in total. The van der Waals surface area contributed by atoms with Crippen LogP contribution in [0.3, 0.4) is 0 Å². The van der Waals surface area contributed by atoms with Crippen molar-refractivity contribution in [2.45, 2.75) is 19.9 Å². The van der Waals surface area contributed by atoms with Crippen LogP contribution >= 0.6 is 0 Å². The fourth-order valence-electron chi connectivity index (χ4n) is 2.10. The first-order chi connectivity index (χ1) is 10.7. The number of amides is 1. The molecule has 0 bridgehead atoms. The van der Waals surface area contributed by atoms with Crippen molar-refractivity contribution in [3.05, 3.63) is 59.7 Å². The predicted molar refractivity (Wildman–Crippen MR) is 86.2 cm³/mol.